The Balaban J connectivity index is 2.80. The second-order valence-electron chi connectivity index (χ2n) is 4.56. The van der Waals surface area contributed by atoms with E-state index in [9.17, 15) is 8.42 Å². The first-order valence-corrected chi connectivity index (χ1v) is 7.12. The number of rotatable bonds is 6. The van der Waals surface area contributed by atoms with Gasteiger partial charge < -0.3 is 10.1 Å². The van der Waals surface area contributed by atoms with Gasteiger partial charge in [-0.05, 0) is 38.1 Å². The van der Waals surface area contributed by atoms with Gasteiger partial charge in [-0.3, -0.25) is 0 Å². The van der Waals surface area contributed by atoms with Crippen molar-refractivity contribution in [2.24, 2.45) is 0 Å². The fourth-order valence-electron chi connectivity index (χ4n) is 1.23. The molecule has 1 aromatic carbocycles. The van der Waals surface area contributed by atoms with Gasteiger partial charge in [0.05, 0.1) is 10.5 Å². The average Bonchev–Trinajstić information content (AvgIpc) is 2.37. The minimum atomic E-state index is -3.49. The topological polar surface area (TPSA) is 67.4 Å². The summed E-state index contributed by atoms with van der Waals surface area (Å²) in [6.07, 6.45) is 0. The van der Waals surface area contributed by atoms with Crippen LogP contribution in [0.5, 0.6) is 0 Å². The Morgan fingerprint density at radius 2 is 1.78 bits per heavy atom. The van der Waals surface area contributed by atoms with E-state index < -0.39 is 15.6 Å². The monoisotopic (exact) mass is 272 g/mol. The zero-order valence-electron chi connectivity index (χ0n) is 11.1. The normalized spacial score (nSPS) is 12.4. The lowest BCUT2D eigenvalue weighted by Gasteiger charge is -2.23. The summed E-state index contributed by atoms with van der Waals surface area (Å²) in [5.41, 5.74) is 0.337. The van der Waals surface area contributed by atoms with Gasteiger partial charge in [-0.1, -0.05) is 0 Å². The predicted octanol–water partition coefficient (Wildman–Crippen LogP) is 1.43. The Bertz CT molecular complexity index is 481. The van der Waals surface area contributed by atoms with E-state index in [2.05, 4.69) is 10.0 Å². The van der Waals surface area contributed by atoms with E-state index >= 15 is 0 Å². The fraction of sp³-hybridized carbons (Fsp3) is 0.500. The maximum Gasteiger partial charge on any atom is 0.240 e. The lowest BCUT2D eigenvalue weighted by atomic mass is 10.1. The van der Waals surface area contributed by atoms with Gasteiger partial charge in [0, 0.05) is 26.4 Å². The van der Waals surface area contributed by atoms with Crippen LogP contribution >= 0.6 is 0 Å². The first-order valence-electron chi connectivity index (χ1n) is 5.63. The van der Waals surface area contributed by atoms with Crippen LogP contribution in [0.3, 0.4) is 0 Å². The first kappa shape index (κ1) is 14.9. The summed E-state index contributed by atoms with van der Waals surface area (Å²) < 4.78 is 31.7. The second-order valence-corrected chi connectivity index (χ2v) is 6.33. The van der Waals surface area contributed by atoms with Crippen LogP contribution < -0.4 is 10.0 Å². The summed E-state index contributed by atoms with van der Waals surface area (Å²) in [5, 5.41) is 2.94. The van der Waals surface area contributed by atoms with E-state index in [-0.39, 0.29) is 11.4 Å². The average molecular weight is 272 g/mol. The molecular weight excluding hydrogens is 252 g/mol. The molecule has 1 aromatic rings. The van der Waals surface area contributed by atoms with Crippen molar-refractivity contribution in [1.82, 2.24) is 4.72 Å². The number of benzene rings is 1. The highest BCUT2D eigenvalue weighted by Gasteiger charge is 2.21. The third-order valence-corrected chi connectivity index (χ3v) is 4.11. The molecule has 0 spiro atoms. The van der Waals surface area contributed by atoms with E-state index in [4.69, 9.17) is 4.74 Å². The van der Waals surface area contributed by atoms with Crippen molar-refractivity contribution in [2.75, 3.05) is 26.0 Å². The highest BCUT2D eigenvalue weighted by molar-refractivity contribution is 7.89. The molecule has 0 bridgehead atoms. The molecule has 1 rings (SSSR count). The van der Waals surface area contributed by atoms with Gasteiger partial charge in [-0.2, -0.15) is 0 Å². The van der Waals surface area contributed by atoms with Gasteiger partial charge in [0.2, 0.25) is 10.0 Å². The summed E-state index contributed by atoms with van der Waals surface area (Å²) >= 11 is 0. The molecule has 0 aliphatic rings. The van der Waals surface area contributed by atoms with Crippen LogP contribution in [-0.2, 0) is 14.8 Å². The molecule has 0 aliphatic heterocycles. The Kier molecular flexibility index (Phi) is 4.72. The van der Waals surface area contributed by atoms with Crippen LogP contribution in [0, 0.1) is 0 Å². The summed E-state index contributed by atoms with van der Waals surface area (Å²) in [4.78, 5) is 0.244. The van der Waals surface area contributed by atoms with E-state index in [0.29, 0.717) is 0 Å². The molecule has 0 saturated heterocycles. The van der Waals surface area contributed by atoms with E-state index in [0.717, 1.165) is 5.69 Å². The molecule has 102 valence electrons. The van der Waals surface area contributed by atoms with E-state index in [1.54, 1.807) is 38.4 Å². The van der Waals surface area contributed by atoms with Crippen molar-refractivity contribution >= 4 is 15.7 Å². The lowest BCUT2D eigenvalue weighted by Crippen LogP contribution is -2.39. The molecule has 6 heteroatoms. The number of nitrogens with one attached hydrogen (secondary N) is 2. The molecule has 5 nitrogen and oxygen atoms in total. The highest BCUT2D eigenvalue weighted by atomic mass is 32.2. The predicted molar refractivity (Wildman–Crippen MR) is 72.3 cm³/mol. The molecule has 0 amide bonds. The molecule has 0 radical (unpaired) electrons. The van der Waals surface area contributed by atoms with Gasteiger partial charge in [-0.15, -0.1) is 0 Å². The number of hydrogen-bond donors (Lipinski definition) is 2. The van der Waals surface area contributed by atoms with Crippen LogP contribution in [0.1, 0.15) is 13.8 Å². The van der Waals surface area contributed by atoms with Crippen LogP contribution in [0.25, 0.3) is 0 Å². The van der Waals surface area contributed by atoms with Gasteiger partial charge >= 0.3 is 0 Å². The van der Waals surface area contributed by atoms with Crippen molar-refractivity contribution < 1.29 is 13.2 Å². The number of sulfonamides is 1. The smallest absolute Gasteiger partial charge is 0.240 e. The van der Waals surface area contributed by atoms with Crippen LogP contribution in [0.4, 0.5) is 5.69 Å². The molecule has 0 saturated carbocycles. The molecule has 2 N–H and O–H groups in total. The zero-order chi connectivity index (χ0) is 13.8. The summed E-state index contributed by atoms with van der Waals surface area (Å²) in [6.45, 7) is 3.86. The van der Waals surface area contributed by atoms with E-state index in [1.807, 2.05) is 13.8 Å². The fourth-order valence-corrected chi connectivity index (χ4v) is 2.42. The van der Waals surface area contributed by atoms with Gasteiger partial charge in [0.15, 0.2) is 0 Å². The molecule has 0 atom stereocenters. The second kappa shape index (κ2) is 5.69. The molecule has 0 heterocycles. The summed E-state index contributed by atoms with van der Waals surface area (Å²) in [7, 11) is -0.154. The zero-order valence-corrected chi connectivity index (χ0v) is 12.0. The van der Waals surface area contributed by atoms with Crippen molar-refractivity contribution in [3.8, 4) is 0 Å². The third-order valence-electron chi connectivity index (χ3n) is 2.69. The number of hydrogen-bond acceptors (Lipinski definition) is 4. The lowest BCUT2D eigenvalue weighted by molar-refractivity contribution is 0.0276. The molecule has 0 fully saturated rings. The Morgan fingerprint density at radius 3 is 2.22 bits per heavy atom. The van der Waals surface area contributed by atoms with Crippen molar-refractivity contribution in [2.45, 2.75) is 24.3 Å². The third kappa shape index (κ3) is 3.97. The number of ether oxygens (including phenoxy) is 1. The minimum Gasteiger partial charge on any atom is -0.388 e. The van der Waals surface area contributed by atoms with Gasteiger partial charge in [0.25, 0.3) is 0 Å². The molecule has 0 unspecified atom stereocenters. The molecular formula is C12H20N2O3S. The SMILES string of the molecule is CNc1ccc(S(=O)(=O)NCC(C)(C)OC)cc1. The molecule has 0 aromatic heterocycles. The van der Waals surface area contributed by atoms with Crippen molar-refractivity contribution in [1.29, 1.82) is 0 Å². The largest absolute Gasteiger partial charge is 0.388 e. The number of methoxy groups -OCH3 is 1. The van der Waals surface area contributed by atoms with Crippen LogP contribution in [-0.4, -0.2) is 34.7 Å². The van der Waals surface area contributed by atoms with Crippen LogP contribution in [0.2, 0.25) is 0 Å². The highest BCUT2D eigenvalue weighted by Crippen LogP contribution is 2.14. The summed E-state index contributed by atoms with van der Waals surface area (Å²) in [6, 6.07) is 6.56. The quantitative estimate of drug-likeness (QED) is 0.822. The van der Waals surface area contributed by atoms with E-state index in [1.165, 1.54) is 0 Å². The maximum atomic E-state index is 12.0. The van der Waals surface area contributed by atoms with Crippen molar-refractivity contribution in [3.05, 3.63) is 24.3 Å². The standard InChI is InChI=1S/C12H20N2O3S/c1-12(2,17-4)9-14-18(15,16)11-7-5-10(13-3)6-8-11/h5-8,13-14H,9H2,1-4H3. The molecule has 0 aliphatic carbocycles. The van der Waals surface area contributed by atoms with Crippen molar-refractivity contribution in [3.63, 3.8) is 0 Å². The van der Waals surface area contributed by atoms with Gasteiger partial charge in [0.1, 0.15) is 0 Å². The Hall–Kier alpha value is -1.11. The first-order chi connectivity index (χ1) is 8.30. The number of anilines is 1. The summed E-state index contributed by atoms with van der Waals surface area (Å²) in [5.74, 6) is 0. The van der Waals surface area contributed by atoms with Crippen LogP contribution in [0.15, 0.2) is 29.2 Å². The Labute approximate surface area is 109 Å². The molecule has 18 heavy (non-hydrogen) atoms. The Morgan fingerprint density at radius 1 is 1.22 bits per heavy atom. The maximum absolute atomic E-state index is 12.0. The van der Waals surface area contributed by atoms with Gasteiger partial charge in [-0.25, -0.2) is 13.1 Å². The minimum absolute atomic E-state index is 0.222.